The van der Waals surface area contributed by atoms with Gasteiger partial charge in [0.15, 0.2) is 0 Å². The zero-order valence-electron chi connectivity index (χ0n) is 28.7. The Morgan fingerprint density at radius 2 is 1.45 bits per heavy atom. The average Bonchev–Trinajstić information content (AvgIpc) is 3.34. The molecule has 0 spiro atoms. The molecule has 0 saturated heterocycles. The third kappa shape index (κ3) is 8.04. The van der Waals surface area contributed by atoms with Gasteiger partial charge in [-0.05, 0) is 104 Å². The third-order valence-corrected chi connectivity index (χ3v) is 13.7. The Morgan fingerprint density at radius 1 is 0.818 bits per heavy atom. The van der Waals surface area contributed by atoms with Crippen molar-refractivity contribution in [3.05, 3.63) is 0 Å². The zero-order chi connectivity index (χ0) is 31.9. The maximum absolute atomic E-state index is 12.9. The minimum absolute atomic E-state index is 0.0798. The number of aliphatic hydroxyl groups is 2. The summed E-state index contributed by atoms with van der Waals surface area (Å²) >= 11 is 0. The molecule has 0 aliphatic heterocycles. The first-order valence-corrected chi connectivity index (χ1v) is 18.9. The number of aliphatic hydroxyl groups excluding tert-OH is 2. The van der Waals surface area contributed by atoms with E-state index < -0.39 is 12.1 Å². The fourth-order valence-electron chi connectivity index (χ4n) is 11.1. The maximum Gasteiger partial charge on any atom is 0.303 e. The molecule has 4 fully saturated rings. The quantitative estimate of drug-likeness (QED) is 0.123. The van der Waals surface area contributed by atoms with Crippen LogP contribution in [0.15, 0.2) is 0 Å². The molecular weight excluding hydrogens is 550 g/mol. The van der Waals surface area contributed by atoms with Crippen molar-refractivity contribution in [1.29, 1.82) is 0 Å². The van der Waals surface area contributed by atoms with Gasteiger partial charge < -0.3 is 20.6 Å². The predicted molar refractivity (Wildman–Crippen MR) is 177 cm³/mol. The second-order valence-corrected chi connectivity index (χ2v) is 16.3. The minimum Gasteiger partial charge on any atom is -0.481 e. The molecule has 0 bridgehead atoms. The Hall–Kier alpha value is -1.14. The molecule has 4 rings (SSSR count). The molecule has 0 aromatic rings. The Bertz CT molecular complexity index is 925. The van der Waals surface area contributed by atoms with Crippen molar-refractivity contribution in [2.75, 3.05) is 0 Å². The van der Waals surface area contributed by atoms with Crippen molar-refractivity contribution in [3.8, 4) is 0 Å². The highest BCUT2D eigenvalue weighted by molar-refractivity contribution is 5.76. The van der Waals surface area contributed by atoms with Crippen LogP contribution >= 0.6 is 0 Å². The van der Waals surface area contributed by atoms with Gasteiger partial charge >= 0.3 is 5.97 Å². The topological polar surface area (TPSA) is 107 Å². The van der Waals surface area contributed by atoms with Crippen LogP contribution in [-0.2, 0) is 9.59 Å². The maximum atomic E-state index is 12.9. The molecular formula is C38H67NO5. The van der Waals surface area contributed by atoms with Gasteiger partial charge in [0.2, 0.25) is 5.91 Å². The van der Waals surface area contributed by atoms with E-state index in [1.807, 2.05) is 0 Å². The molecule has 4 saturated carbocycles. The van der Waals surface area contributed by atoms with E-state index >= 15 is 0 Å². The molecule has 6 heteroatoms. The SMILES string of the molecule is CCCCCCCCCCCCCC(=O)N[C@H]1CC[C@@]2(C)C(C1)C[C@@H](O)C1C2C[C@H](O)[C@@]2(C)C1CC[C@@H]2[C@H](C)CCC(=O)O. The second kappa shape index (κ2) is 16.1. The molecule has 1 amide bonds. The van der Waals surface area contributed by atoms with Gasteiger partial charge in [0.05, 0.1) is 12.2 Å². The number of carboxylic acids is 1. The Balaban J connectivity index is 1.23. The van der Waals surface area contributed by atoms with Gasteiger partial charge in [-0.25, -0.2) is 0 Å². The Kier molecular flexibility index (Phi) is 13.1. The van der Waals surface area contributed by atoms with Crippen LogP contribution in [0, 0.1) is 46.3 Å². The summed E-state index contributed by atoms with van der Waals surface area (Å²) in [5.41, 5.74) is -0.181. The molecule has 4 unspecified atom stereocenters. The zero-order valence-corrected chi connectivity index (χ0v) is 28.7. The summed E-state index contributed by atoms with van der Waals surface area (Å²) in [5.74, 6) is 1.14. The molecule has 4 N–H and O–H groups in total. The average molecular weight is 618 g/mol. The van der Waals surface area contributed by atoms with Gasteiger partial charge in [-0.1, -0.05) is 91.9 Å². The lowest BCUT2D eigenvalue weighted by Crippen LogP contribution is -2.63. The lowest BCUT2D eigenvalue weighted by Gasteiger charge is -2.63. The van der Waals surface area contributed by atoms with Crippen molar-refractivity contribution in [2.45, 2.75) is 181 Å². The van der Waals surface area contributed by atoms with Crippen LogP contribution in [0.2, 0.25) is 0 Å². The molecule has 4 aliphatic rings. The first-order valence-electron chi connectivity index (χ1n) is 18.9. The van der Waals surface area contributed by atoms with Crippen LogP contribution in [0.1, 0.15) is 163 Å². The fourth-order valence-corrected chi connectivity index (χ4v) is 11.1. The van der Waals surface area contributed by atoms with Gasteiger partial charge in [0.1, 0.15) is 0 Å². The van der Waals surface area contributed by atoms with Gasteiger partial charge in [-0.3, -0.25) is 9.59 Å². The van der Waals surface area contributed by atoms with E-state index in [2.05, 4.69) is 33.0 Å². The van der Waals surface area contributed by atoms with E-state index in [0.29, 0.717) is 30.6 Å². The standard InChI is InChI=1S/C38H67NO5/c1-5-6-7-8-9-10-11-12-13-14-15-16-34(42)39-28-21-22-37(3)27(23-28)24-32(40)36-30-19-18-29(26(2)17-20-35(43)44)38(30,4)33(41)25-31(36)37/h26-33,36,40-41H,5-25H2,1-4H3,(H,39,42)(H,43,44)/t26-,27?,28+,29-,30?,31?,32-,33+,36?,37+,38-/m1/s1. The highest BCUT2D eigenvalue weighted by atomic mass is 16.4. The van der Waals surface area contributed by atoms with Crippen LogP contribution < -0.4 is 5.32 Å². The smallest absolute Gasteiger partial charge is 0.303 e. The van der Waals surface area contributed by atoms with Crippen LogP contribution in [0.3, 0.4) is 0 Å². The van der Waals surface area contributed by atoms with Crippen LogP contribution in [0.25, 0.3) is 0 Å². The molecule has 254 valence electrons. The molecule has 44 heavy (non-hydrogen) atoms. The second-order valence-electron chi connectivity index (χ2n) is 16.3. The summed E-state index contributed by atoms with van der Waals surface area (Å²) in [7, 11) is 0. The van der Waals surface area contributed by atoms with Crippen molar-refractivity contribution >= 4 is 11.9 Å². The monoisotopic (exact) mass is 618 g/mol. The van der Waals surface area contributed by atoms with E-state index in [1.54, 1.807) is 0 Å². The molecule has 0 heterocycles. The number of hydrogen-bond acceptors (Lipinski definition) is 4. The summed E-state index contributed by atoms with van der Waals surface area (Å²) in [6.07, 6.45) is 21.4. The summed E-state index contributed by atoms with van der Waals surface area (Å²) in [6, 6.07) is 0.196. The molecule has 4 aliphatic carbocycles. The number of fused-ring (bicyclic) bond motifs is 5. The number of hydrogen-bond donors (Lipinski definition) is 4. The third-order valence-electron chi connectivity index (χ3n) is 13.7. The fraction of sp³-hybridized carbons (Fsp3) is 0.947. The van der Waals surface area contributed by atoms with Crippen molar-refractivity contribution < 1.29 is 24.9 Å². The van der Waals surface area contributed by atoms with Gasteiger partial charge in [-0.2, -0.15) is 0 Å². The van der Waals surface area contributed by atoms with E-state index in [1.165, 1.54) is 57.8 Å². The van der Waals surface area contributed by atoms with E-state index in [9.17, 15) is 24.9 Å². The number of carbonyl (C=O) groups excluding carboxylic acids is 1. The Morgan fingerprint density at radius 3 is 2.09 bits per heavy atom. The first kappa shape index (κ1) is 35.7. The summed E-state index contributed by atoms with van der Waals surface area (Å²) in [5, 5.41) is 36.1. The van der Waals surface area contributed by atoms with Gasteiger partial charge in [-0.15, -0.1) is 0 Å². The van der Waals surface area contributed by atoms with Gasteiger partial charge in [0, 0.05) is 18.9 Å². The van der Waals surface area contributed by atoms with E-state index in [4.69, 9.17) is 0 Å². The number of rotatable bonds is 17. The molecule has 0 aromatic heterocycles. The normalized spacial score (nSPS) is 38.8. The highest BCUT2D eigenvalue weighted by Crippen LogP contribution is 2.68. The number of nitrogens with one attached hydrogen (secondary N) is 1. The van der Waals surface area contributed by atoms with Crippen molar-refractivity contribution in [3.63, 3.8) is 0 Å². The number of amides is 1. The number of carboxylic acid groups (broad SMARTS) is 1. The van der Waals surface area contributed by atoms with Crippen molar-refractivity contribution in [1.82, 2.24) is 5.32 Å². The van der Waals surface area contributed by atoms with E-state index in [0.717, 1.165) is 57.8 Å². The Labute approximate surface area is 268 Å². The molecule has 11 atom stereocenters. The lowest BCUT2D eigenvalue weighted by molar-refractivity contribution is -0.202. The van der Waals surface area contributed by atoms with Crippen LogP contribution in [0.5, 0.6) is 0 Å². The number of unbranched alkanes of at least 4 members (excludes halogenated alkanes) is 10. The minimum atomic E-state index is -0.747. The highest BCUT2D eigenvalue weighted by Gasteiger charge is 2.65. The predicted octanol–water partition coefficient (Wildman–Crippen LogP) is 8.27. The molecule has 6 nitrogen and oxygen atoms in total. The first-order chi connectivity index (χ1) is 21.0. The summed E-state index contributed by atoms with van der Waals surface area (Å²) < 4.78 is 0. The van der Waals surface area contributed by atoms with Gasteiger partial charge in [0.25, 0.3) is 0 Å². The van der Waals surface area contributed by atoms with E-state index in [-0.39, 0.29) is 53.1 Å². The number of aliphatic carboxylic acids is 1. The number of carbonyl (C=O) groups is 2. The van der Waals surface area contributed by atoms with Crippen LogP contribution in [-0.4, -0.2) is 45.4 Å². The lowest BCUT2D eigenvalue weighted by atomic mass is 9.43. The van der Waals surface area contributed by atoms with Crippen molar-refractivity contribution in [2.24, 2.45) is 46.3 Å². The molecule has 0 aromatic carbocycles. The summed E-state index contributed by atoms with van der Waals surface area (Å²) in [4.78, 5) is 24.1. The largest absolute Gasteiger partial charge is 0.481 e. The van der Waals surface area contributed by atoms with Crippen LogP contribution in [0.4, 0.5) is 0 Å². The summed E-state index contributed by atoms with van der Waals surface area (Å²) in [6.45, 7) is 9.10. The molecule has 0 radical (unpaired) electrons.